The minimum Gasteiger partial charge on any atom is -0.375 e. The fourth-order valence-corrected chi connectivity index (χ4v) is 2.12. The second-order valence-electron chi connectivity index (χ2n) is 7.16. The predicted molar refractivity (Wildman–Crippen MR) is 72.3 cm³/mol. The molecule has 1 fully saturated rings. The van der Waals surface area contributed by atoms with Gasteiger partial charge in [0.25, 0.3) is 0 Å². The van der Waals surface area contributed by atoms with E-state index in [1.54, 1.807) is 0 Å². The molecule has 1 rings (SSSR count). The third kappa shape index (κ3) is 4.55. The van der Waals surface area contributed by atoms with Crippen LogP contribution in [0.4, 0.5) is 4.39 Å². The number of hydrogen-bond acceptors (Lipinski definition) is 2. The summed E-state index contributed by atoms with van der Waals surface area (Å²) >= 11 is 0. The zero-order chi connectivity index (χ0) is 15.0. The van der Waals surface area contributed by atoms with Crippen LogP contribution >= 0.6 is 0 Å². The average Bonchev–Trinajstić information content (AvgIpc) is 2.38. The first kappa shape index (κ1) is 16.6. The molecule has 0 aliphatic heterocycles. The summed E-state index contributed by atoms with van der Waals surface area (Å²) in [5.41, 5.74) is -0.482. The maximum Gasteiger partial charge on any atom is 0.160 e. The first-order chi connectivity index (χ1) is 8.42. The van der Waals surface area contributed by atoms with E-state index in [0.29, 0.717) is 5.57 Å². The second-order valence-corrected chi connectivity index (χ2v) is 7.16. The predicted octanol–water partition coefficient (Wildman–Crippen LogP) is 3.31. The molecule has 1 saturated carbocycles. The number of alkyl halides is 1. The van der Waals surface area contributed by atoms with Crippen molar-refractivity contribution in [1.29, 1.82) is 0 Å². The number of halogens is 1. The van der Waals surface area contributed by atoms with Crippen molar-refractivity contribution in [1.82, 2.24) is 0 Å². The van der Waals surface area contributed by atoms with Crippen molar-refractivity contribution in [3.05, 3.63) is 12.2 Å². The Morgan fingerprint density at radius 2 is 1.68 bits per heavy atom. The minimum atomic E-state index is -1.56. The lowest BCUT2D eigenvalue weighted by Crippen LogP contribution is -2.38. The Labute approximate surface area is 115 Å². The van der Waals surface area contributed by atoms with Gasteiger partial charge in [0.15, 0.2) is 6.17 Å². The van der Waals surface area contributed by atoms with E-state index in [1.165, 1.54) is 0 Å². The average molecular weight is 273 g/mol. The van der Waals surface area contributed by atoms with Crippen LogP contribution in [0, 0.1) is 5.92 Å². The van der Waals surface area contributed by atoms with E-state index in [4.69, 9.17) is 9.47 Å². The number of rotatable bonds is 3. The third-order valence-corrected chi connectivity index (χ3v) is 3.03. The van der Waals surface area contributed by atoms with Crippen LogP contribution in [0.3, 0.4) is 0 Å². The van der Waals surface area contributed by atoms with Gasteiger partial charge < -0.3 is 9.47 Å². The van der Waals surface area contributed by atoms with Crippen LogP contribution in [0.2, 0.25) is 0 Å². The highest BCUT2D eigenvalue weighted by Crippen LogP contribution is 2.38. The summed E-state index contributed by atoms with van der Waals surface area (Å²) < 4.78 is 25.5. The van der Waals surface area contributed by atoms with Gasteiger partial charge in [-0.05, 0) is 47.1 Å². The fourth-order valence-electron chi connectivity index (χ4n) is 2.12. The highest BCUT2D eigenvalue weighted by Gasteiger charge is 2.49. The summed E-state index contributed by atoms with van der Waals surface area (Å²) in [4.78, 5) is 0. The maximum absolute atomic E-state index is 14.1. The lowest BCUT2D eigenvalue weighted by Gasteiger charge is -2.31. The molecule has 1 radical (unpaired) electrons. The van der Waals surface area contributed by atoms with E-state index in [2.05, 4.69) is 6.58 Å². The first-order valence-electron chi connectivity index (χ1n) is 6.73. The van der Waals surface area contributed by atoms with Crippen LogP contribution in [0.15, 0.2) is 12.2 Å². The van der Waals surface area contributed by atoms with Gasteiger partial charge in [-0.1, -0.05) is 6.58 Å². The molecule has 3 nitrogen and oxygen atoms in total. The zero-order valence-corrected chi connectivity index (χ0v) is 12.8. The lowest BCUT2D eigenvalue weighted by molar-refractivity contribution is -0.125. The fraction of sp³-hybridized carbons (Fsp3) is 0.867. The van der Waals surface area contributed by atoms with E-state index in [0.717, 1.165) is 0 Å². The molecule has 4 heteroatoms. The minimum absolute atomic E-state index is 0.266. The van der Waals surface area contributed by atoms with Crippen molar-refractivity contribution in [2.24, 2.45) is 5.92 Å². The highest BCUT2D eigenvalue weighted by atomic mass is 19.1. The molecule has 0 amide bonds. The smallest absolute Gasteiger partial charge is 0.160 e. The van der Waals surface area contributed by atoms with Gasteiger partial charge in [-0.25, -0.2) is 9.50 Å². The van der Waals surface area contributed by atoms with Crippen LogP contribution in [0.1, 0.15) is 41.5 Å². The van der Waals surface area contributed by atoms with Crippen molar-refractivity contribution < 1.29 is 19.0 Å². The molecule has 0 bridgehead atoms. The van der Waals surface area contributed by atoms with E-state index in [9.17, 15) is 9.50 Å². The van der Waals surface area contributed by atoms with Gasteiger partial charge in [-0.3, -0.25) is 0 Å². The second kappa shape index (κ2) is 5.51. The first-order valence-corrected chi connectivity index (χ1v) is 6.73. The van der Waals surface area contributed by atoms with Crippen molar-refractivity contribution in [2.75, 3.05) is 6.61 Å². The molecule has 0 spiro atoms. The Kier molecular flexibility index (Phi) is 4.81. The van der Waals surface area contributed by atoms with Gasteiger partial charge in [0.05, 0.1) is 17.8 Å². The van der Waals surface area contributed by atoms with Gasteiger partial charge >= 0.3 is 0 Å². The molecule has 0 N–H and O–H groups in total. The standard InChI is InChI=1S/C15H26FO3/c1-9-10(8-18-14(2,3)4)13(11(16)12(9)17)19-15(5,6)7/h10-13H,1,8H2,2-7H3/t10-,11?,12-,13+/m0/s1. The van der Waals surface area contributed by atoms with Crippen LogP contribution in [-0.2, 0) is 14.6 Å². The molecule has 19 heavy (non-hydrogen) atoms. The molecule has 0 aromatic rings. The van der Waals surface area contributed by atoms with Crippen LogP contribution in [0.5, 0.6) is 0 Å². The summed E-state index contributed by atoms with van der Waals surface area (Å²) in [5.74, 6) is -0.379. The van der Waals surface area contributed by atoms with Gasteiger partial charge in [0.2, 0.25) is 0 Å². The lowest BCUT2D eigenvalue weighted by atomic mass is 10.0. The molecule has 1 unspecified atom stereocenters. The Morgan fingerprint density at radius 1 is 1.16 bits per heavy atom. The maximum atomic E-state index is 14.1. The Morgan fingerprint density at radius 3 is 2.11 bits per heavy atom. The van der Waals surface area contributed by atoms with E-state index in [1.807, 2.05) is 41.5 Å². The molecule has 4 atom stereocenters. The molecular formula is C15H26FO3. The Hall–Kier alpha value is -0.450. The summed E-state index contributed by atoms with van der Waals surface area (Å²) in [6.07, 6.45) is -3.74. The molecule has 1 aliphatic rings. The zero-order valence-electron chi connectivity index (χ0n) is 12.8. The normalized spacial score (nSPS) is 32.9. The summed E-state index contributed by atoms with van der Waals surface area (Å²) in [7, 11) is 0. The van der Waals surface area contributed by atoms with Crippen molar-refractivity contribution in [2.45, 2.75) is 71.1 Å². The van der Waals surface area contributed by atoms with Crippen molar-refractivity contribution in [3.63, 3.8) is 0 Å². The quantitative estimate of drug-likeness (QED) is 0.740. The number of hydrogen-bond donors (Lipinski definition) is 0. The van der Waals surface area contributed by atoms with Crippen LogP contribution in [-0.4, -0.2) is 36.2 Å². The SMILES string of the molecule is C=C1[C@H]([O])C(F)[C@H](OC(C)(C)C)[C@H]1COC(C)(C)C. The van der Waals surface area contributed by atoms with E-state index < -0.39 is 24.0 Å². The van der Waals surface area contributed by atoms with Crippen LogP contribution in [0.25, 0.3) is 0 Å². The van der Waals surface area contributed by atoms with Gasteiger partial charge in [-0.15, -0.1) is 0 Å². The molecule has 1 aliphatic carbocycles. The van der Waals surface area contributed by atoms with E-state index in [-0.39, 0.29) is 18.1 Å². The Balaban J connectivity index is 2.81. The summed E-state index contributed by atoms with van der Waals surface area (Å²) in [6.45, 7) is 15.3. The van der Waals surface area contributed by atoms with Crippen molar-refractivity contribution >= 4 is 0 Å². The largest absolute Gasteiger partial charge is 0.375 e. The summed E-state index contributed by atoms with van der Waals surface area (Å²) in [6, 6.07) is 0. The molecule has 0 heterocycles. The van der Waals surface area contributed by atoms with Gasteiger partial charge in [0, 0.05) is 5.92 Å². The molecular weight excluding hydrogens is 247 g/mol. The van der Waals surface area contributed by atoms with Gasteiger partial charge in [0.1, 0.15) is 12.2 Å². The molecule has 0 aromatic heterocycles. The third-order valence-electron chi connectivity index (χ3n) is 3.03. The highest BCUT2D eigenvalue weighted by molar-refractivity contribution is 5.21. The van der Waals surface area contributed by atoms with Crippen LogP contribution < -0.4 is 0 Å². The molecule has 0 aromatic carbocycles. The monoisotopic (exact) mass is 273 g/mol. The topological polar surface area (TPSA) is 38.4 Å². The Bertz CT molecular complexity index is 327. The van der Waals surface area contributed by atoms with E-state index >= 15 is 0 Å². The molecule has 111 valence electrons. The van der Waals surface area contributed by atoms with Gasteiger partial charge in [-0.2, -0.15) is 0 Å². The summed E-state index contributed by atoms with van der Waals surface area (Å²) in [5, 5.41) is 11.8. The number of ether oxygens (including phenoxy) is 2. The molecule has 0 saturated heterocycles. The van der Waals surface area contributed by atoms with Crippen molar-refractivity contribution in [3.8, 4) is 0 Å².